The Labute approximate surface area is 112 Å². The van der Waals surface area contributed by atoms with Crippen molar-refractivity contribution in [3.63, 3.8) is 0 Å². The van der Waals surface area contributed by atoms with Gasteiger partial charge in [0.15, 0.2) is 12.1 Å². The molecule has 0 unspecified atom stereocenters. The highest BCUT2D eigenvalue weighted by Gasteiger charge is 2.35. The zero-order chi connectivity index (χ0) is 14.8. The molecular formula is C15H9F3O2. The molecule has 5 heteroatoms. The van der Waals surface area contributed by atoms with E-state index in [1.807, 2.05) is 0 Å². The van der Waals surface area contributed by atoms with Crippen molar-refractivity contribution in [2.24, 2.45) is 0 Å². The molecule has 0 aromatic heterocycles. The van der Waals surface area contributed by atoms with Gasteiger partial charge in [-0.15, -0.1) is 0 Å². The first kappa shape index (κ1) is 14.0. The van der Waals surface area contributed by atoms with Gasteiger partial charge < -0.3 is 0 Å². The number of aldehydes is 1. The largest absolute Gasteiger partial charge is 0.417 e. The van der Waals surface area contributed by atoms with Gasteiger partial charge >= 0.3 is 6.18 Å². The van der Waals surface area contributed by atoms with Crippen LogP contribution in [0.4, 0.5) is 13.2 Å². The number of ketones is 1. The second-order valence-corrected chi connectivity index (χ2v) is 4.08. The summed E-state index contributed by atoms with van der Waals surface area (Å²) in [4.78, 5) is 23.1. The molecule has 0 N–H and O–H groups in total. The van der Waals surface area contributed by atoms with E-state index in [1.165, 1.54) is 36.4 Å². The minimum absolute atomic E-state index is 0.0424. The third-order valence-corrected chi connectivity index (χ3v) is 2.81. The fraction of sp³-hybridized carbons (Fsp3) is 0.0667. The fourth-order valence-corrected chi connectivity index (χ4v) is 1.88. The predicted octanol–water partition coefficient (Wildman–Crippen LogP) is 3.75. The molecule has 0 aliphatic rings. The molecule has 0 radical (unpaired) electrons. The summed E-state index contributed by atoms with van der Waals surface area (Å²) < 4.78 is 38.7. The molecule has 0 aliphatic carbocycles. The maximum atomic E-state index is 12.9. The topological polar surface area (TPSA) is 34.1 Å². The van der Waals surface area contributed by atoms with Crippen molar-refractivity contribution in [1.29, 1.82) is 0 Å². The average molecular weight is 278 g/mol. The molecule has 2 rings (SSSR count). The molecule has 2 aromatic rings. The summed E-state index contributed by atoms with van der Waals surface area (Å²) in [6.07, 6.45) is -4.17. The summed E-state index contributed by atoms with van der Waals surface area (Å²) in [6.45, 7) is 0. The van der Waals surface area contributed by atoms with Crippen LogP contribution >= 0.6 is 0 Å². The normalized spacial score (nSPS) is 11.2. The van der Waals surface area contributed by atoms with E-state index in [0.717, 1.165) is 12.1 Å². The summed E-state index contributed by atoms with van der Waals surface area (Å²) in [7, 11) is 0. The van der Waals surface area contributed by atoms with Crippen LogP contribution < -0.4 is 0 Å². The third-order valence-electron chi connectivity index (χ3n) is 2.81. The lowest BCUT2D eigenvalue weighted by molar-refractivity contribution is -0.137. The lowest BCUT2D eigenvalue weighted by Gasteiger charge is -2.12. The summed E-state index contributed by atoms with van der Waals surface area (Å²) in [5.41, 5.74) is -1.45. The van der Waals surface area contributed by atoms with Gasteiger partial charge in [0.2, 0.25) is 0 Å². The molecule has 20 heavy (non-hydrogen) atoms. The van der Waals surface area contributed by atoms with Crippen LogP contribution in [0.5, 0.6) is 0 Å². The number of carbonyl (C=O) groups is 2. The Morgan fingerprint density at radius 1 is 0.900 bits per heavy atom. The summed E-state index contributed by atoms with van der Waals surface area (Å²) in [5.74, 6) is -0.819. The molecule has 102 valence electrons. The Hall–Kier alpha value is -2.43. The van der Waals surface area contributed by atoms with Crippen LogP contribution in [0.3, 0.4) is 0 Å². The van der Waals surface area contributed by atoms with Gasteiger partial charge in [-0.3, -0.25) is 9.59 Å². The van der Waals surface area contributed by atoms with Crippen LogP contribution in [0.1, 0.15) is 31.8 Å². The van der Waals surface area contributed by atoms with Gasteiger partial charge in [0, 0.05) is 16.7 Å². The maximum Gasteiger partial charge on any atom is 0.417 e. The van der Waals surface area contributed by atoms with E-state index >= 15 is 0 Å². The van der Waals surface area contributed by atoms with Gasteiger partial charge in [0.25, 0.3) is 0 Å². The SMILES string of the molecule is O=Cc1ccccc1C(=O)c1ccccc1C(F)(F)F. The third kappa shape index (κ3) is 2.61. The maximum absolute atomic E-state index is 12.9. The van der Waals surface area contributed by atoms with Crippen LogP contribution in [-0.2, 0) is 6.18 Å². The number of benzene rings is 2. The molecule has 0 saturated heterocycles. The second kappa shape index (κ2) is 5.28. The van der Waals surface area contributed by atoms with Crippen molar-refractivity contribution < 1.29 is 22.8 Å². The van der Waals surface area contributed by atoms with E-state index < -0.39 is 23.1 Å². The van der Waals surface area contributed by atoms with E-state index in [-0.39, 0.29) is 11.1 Å². The highest BCUT2D eigenvalue weighted by Crippen LogP contribution is 2.33. The summed E-state index contributed by atoms with van der Waals surface area (Å²) >= 11 is 0. The molecule has 0 heterocycles. The van der Waals surface area contributed by atoms with Crippen molar-refractivity contribution in [1.82, 2.24) is 0 Å². The minimum atomic E-state index is -4.62. The lowest BCUT2D eigenvalue weighted by Crippen LogP contribution is -2.14. The molecule has 0 saturated carbocycles. The first-order valence-corrected chi connectivity index (χ1v) is 5.70. The quantitative estimate of drug-likeness (QED) is 0.633. The second-order valence-electron chi connectivity index (χ2n) is 4.08. The molecule has 0 fully saturated rings. The zero-order valence-electron chi connectivity index (χ0n) is 10.1. The van der Waals surface area contributed by atoms with Gasteiger partial charge in [0.1, 0.15) is 0 Å². The van der Waals surface area contributed by atoms with Crippen LogP contribution in [0, 0.1) is 0 Å². The van der Waals surface area contributed by atoms with Gasteiger partial charge in [0.05, 0.1) is 5.56 Å². The highest BCUT2D eigenvalue weighted by atomic mass is 19.4. The molecule has 0 amide bonds. The Bertz CT molecular complexity index is 660. The summed E-state index contributed by atoms with van der Waals surface area (Å²) in [6, 6.07) is 10.3. The average Bonchev–Trinajstić information content (AvgIpc) is 2.45. The van der Waals surface area contributed by atoms with Crippen molar-refractivity contribution in [3.05, 3.63) is 70.8 Å². The molecular weight excluding hydrogens is 269 g/mol. The number of carbonyl (C=O) groups excluding carboxylic acids is 2. The van der Waals surface area contributed by atoms with Crippen molar-refractivity contribution >= 4 is 12.1 Å². The highest BCUT2D eigenvalue weighted by molar-refractivity contribution is 6.13. The van der Waals surface area contributed by atoms with Crippen molar-refractivity contribution in [3.8, 4) is 0 Å². The van der Waals surface area contributed by atoms with Gasteiger partial charge in [-0.05, 0) is 6.07 Å². The summed E-state index contributed by atoms with van der Waals surface area (Å²) in [5, 5.41) is 0. The van der Waals surface area contributed by atoms with Crippen LogP contribution in [0.2, 0.25) is 0 Å². The van der Waals surface area contributed by atoms with Gasteiger partial charge in [-0.25, -0.2) is 0 Å². The van der Waals surface area contributed by atoms with Crippen LogP contribution in [0.15, 0.2) is 48.5 Å². The molecule has 0 spiro atoms. The minimum Gasteiger partial charge on any atom is -0.298 e. The molecule has 0 atom stereocenters. The van der Waals surface area contributed by atoms with Crippen LogP contribution in [-0.4, -0.2) is 12.1 Å². The van der Waals surface area contributed by atoms with Gasteiger partial charge in [-0.1, -0.05) is 42.5 Å². The molecule has 2 aromatic carbocycles. The standard InChI is InChI=1S/C15H9F3O2/c16-15(17,18)13-8-4-3-7-12(13)14(20)11-6-2-1-5-10(11)9-19/h1-9H. The monoisotopic (exact) mass is 278 g/mol. The van der Waals surface area contributed by atoms with E-state index in [2.05, 4.69) is 0 Å². The molecule has 0 bridgehead atoms. The van der Waals surface area contributed by atoms with Gasteiger partial charge in [-0.2, -0.15) is 13.2 Å². The van der Waals surface area contributed by atoms with Crippen molar-refractivity contribution in [2.45, 2.75) is 6.18 Å². The van der Waals surface area contributed by atoms with E-state index in [0.29, 0.717) is 6.29 Å². The number of alkyl halides is 3. The Balaban J connectivity index is 2.58. The first-order chi connectivity index (χ1) is 9.45. The van der Waals surface area contributed by atoms with Crippen molar-refractivity contribution in [2.75, 3.05) is 0 Å². The number of rotatable bonds is 3. The zero-order valence-corrected chi connectivity index (χ0v) is 10.1. The van der Waals surface area contributed by atoms with E-state index in [4.69, 9.17) is 0 Å². The van der Waals surface area contributed by atoms with Crippen LogP contribution in [0.25, 0.3) is 0 Å². The molecule has 2 nitrogen and oxygen atoms in total. The fourth-order valence-electron chi connectivity index (χ4n) is 1.88. The first-order valence-electron chi connectivity index (χ1n) is 5.70. The molecule has 0 aliphatic heterocycles. The van der Waals surface area contributed by atoms with E-state index in [1.54, 1.807) is 0 Å². The Kier molecular flexibility index (Phi) is 3.70. The lowest BCUT2D eigenvalue weighted by atomic mass is 9.95. The van der Waals surface area contributed by atoms with E-state index in [9.17, 15) is 22.8 Å². The predicted molar refractivity (Wildman–Crippen MR) is 66.7 cm³/mol. The number of hydrogen-bond acceptors (Lipinski definition) is 2. The number of hydrogen-bond donors (Lipinski definition) is 0. The Morgan fingerprint density at radius 2 is 1.45 bits per heavy atom. The number of halogens is 3. The smallest absolute Gasteiger partial charge is 0.298 e. The Morgan fingerprint density at radius 3 is 2.05 bits per heavy atom.